The molecule has 1 aliphatic rings. The first-order chi connectivity index (χ1) is 11.4. The Hall–Kier alpha value is -1.93. The third kappa shape index (κ3) is 3.59. The molecule has 8 heteroatoms. The number of benzene rings is 1. The van der Waals surface area contributed by atoms with E-state index in [-0.39, 0.29) is 36.0 Å². The highest BCUT2D eigenvalue weighted by molar-refractivity contribution is 5.55. The largest absolute Gasteiger partial charge is 0.416 e. The van der Waals surface area contributed by atoms with Crippen molar-refractivity contribution in [2.75, 3.05) is 6.61 Å². The highest BCUT2D eigenvalue weighted by Gasteiger charge is 2.33. The van der Waals surface area contributed by atoms with Gasteiger partial charge in [0.1, 0.15) is 0 Å². The summed E-state index contributed by atoms with van der Waals surface area (Å²) in [5.74, 6) is 0.393. The molecule has 1 aromatic heterocycles. The van der Waals surface area contributed by atoms with E-state index in [0.29, 0.717) is 0 Å². The third-order valence-electron chi connectivity index (χ3n) is 4.39. The van der Waals surface area contributed by atoms with E-state index < -0.39 is 11.7 Å². The maximum absolute atomic E-state index is 12.8. The molecule has 0 aliphatic heterocycles. The summed E-state index contributed by atoms with van der Waals surface area (Å²) in [4.78, 5) is 4.14. The van der Waals surface area contributed by atoms with E-state index in [2.05, 4.69) is 15.5 Å². The molecule has 5 nitrogen and oxygen atoms in total. The van der Waals surface area contributed by atoms with Crippen LogP contribution in [0.15, 0.2) is 28.8 Å². The first-order valence-corrected chi connectivity index (χ1v) is 7.78. The Morgan fingerprint density at radius 3 is 2.67 bits per heavy atom. The number of nitrogens with zero attached hydrogens (tertiary/aromatic N) is 2. The molecule has 3 rings (SSSR count). The molecule has 0 bridgehead atoms. The zero-order chi connectivity index (χ0) is 17.2. The van der Waals surface area contributed by atoms with Crippen molar-refractivity contribution in [1.82, 2.24) is 15.5 Å². The van der Waals surface area contributed by atoms with Crippen LogP contribution in [-0.2, 0) is 12.7 Å². The van der Waals surface area contributed by atoms with Gasteiger partial charge in [0.05, 0.1) is 18.7 Å². The van der Waals surface area contributed by atoms with Crippen LogP contribution in [0.4, 0.5) is 13.2 Å². The predicted molar refractivity (Wildman–Crippen MR) is 79.9 cm³/mol. The normalized spacial score (nSPS) is 17.3. The van der Waals surface area contributed by atoms with Gasteiger partial charge in [0, 0.05) is 11.1 Å². The van der Waals surface area contributed by atoms with E-state index in [4.69, 9.17) is 4.52 Å². The van der Waals surface area contributed by atoms with E-state index in [0.717, 1.165) is 37.8 Å². The molecule has 1 aliphatic carbocycles. The second-order valence-corrected chi connectivity index (χ2v) is 6.09. The summed E-state index contributed by atoms with van der Waals surface area (Å²) in [7, 11) is 0. The van der Waals surface area contributed by atoms with E-state index in [1.165, 1.54) is 12.1 Å². The summed E-state index contributed by atoms with van der Waals surface area (Å²) in [6.07, 6.45) is -0.573. The number of nitrogens with one attached hydrogen (secondary N) is 1. The number of aliphatic hydroxyl groups is 1. The van der Waals surface area contributed by atoms with Crippen LogP contribution in [0.3, 0.4) is 0 Å². The minimum Gasteiger partial charge on any atom is -0.394 e. The average molecular weight is 341 g/mol. The van der Waals surface area contributed by atoms with Crippen LogP contribution >= 0.6 is 0 Å². The molecule has 130 valence electrons. The van der Waals surface area contributed by atoms with Crippen molar-refractivity contribution in [2.24, 2.45) is 0 Å². The zero-order valence-electron chi connectivity index (χ0n) is 12.9. The predicted octanol–water partition coefficient (Wildman–Crippen LogP) is 3.15. The molecule has 0 atom stereocenters. The first kappa shape index (κ1) is 16.9. The molecule has 0 amide bonds. The molecule has 1 saturated carbocycles. The van der Waals surface area contributed by atoms with Gasteiger partial charge in [0.25, 0.3) is 0 Å². The topological polar surface area (TPSA) is 71.2 Å². The highest BCUT2D eigenvalue weighted by Crippen LogP contribution is 2.32. The van der Waals surface area contributed by atoms with Crippen molar-refractivity contribution < 1.29 is 22.8 Å². The van der Waals surface area contributed by atoms with E-state index in [1.807, 2.05) is 0 Å². The van der Waals surface area contributed by atoms with Gasteiger partial charge in [0.15, 0.2) is 0 Å². The molecular formula is C16H18F3N3O2. The van der Waals surface area contributed by atoms with Gasteiger partial charge < -0.3 is 14.9 Å². The van der Waals surface area contributed by atoms with Gasteiger partial charge >= 0.3 is 6.18 Å². The lowest BCUT2D eigenvalue weighted by atomic mass is 9.99. The Balaban J connectivity index is 1.72. The average Bonchev–Trinajstić information content (AvgIpc) is 3.22. The maximum atomic E-state index is 12.8. The maximum Gasteiger partial charge on any atom is 0.416 e. The van der Waals surface area contributed by atoms with Crippen LogP contribution in [-0.4, -0.2) is 27.4 Å². The quantitative estimate of drug-likeness (QED) is 0.874. The molecule has 1 fully saturated rings. The Morgan fingerprint density at radius 1 is 1.25 bits per heavy atom. The van der Waals surface area contributed by atoms with E-state index in [9.17, 15) is 18.3 Å². The molecule has 0 radical (unpaired) electrons. The van der Waals surface area contributed by atoms with Crippen molar-refractivity contribution in [1.29, 1.82) is 0 Å². The summed E-state index contributed by atoms with van der Waals surface area (Å²) < 4.78 is 43.4. The molecule has 1 heterocycles. The van der Waals surface area contributed by atoms with Crippen molar-refractivity contribution in [3.63, 3.8) is 0 Å². The number of rotatable bonds is 5. The molecule has 1 aromatic carbocycles. The van der Waals surface area contributed by atoms with Gasteiger partial charge in [-0.1, -0.05) is 30.1 Å². The number of halogens is 3. The van der Waals surface area contributed by atoms with Crippen LogP contribution in [0, 0.1) is 0 Å². The Morgan fingerprint density at radius 2 is 2.00 bits per heavy atom. The summed E-state index contributed by atoms with van der Waals surface area (Å²) in [5, 5.41) is 16.5. The summed E-state index contributed by atoms with van der Waals surface area (Å²) in [5.41, 5.74) is -0.836. The fraction of sp³-hybridized carbons (Fsp3) is 0.500. The van der Waals surface area contributed by atoms with Crippen LogP contribution in [0.1, 0.15) is 37.1 Å². The lowest BCUT2D eigenvalue weighted by Crippen LogP contribution is -2.45. The fourth-order valence-electron chi connectivity index (χ4n) is 2.98. The van der Waals surface area contributed by atoms with Gasteiger partial charge in [-0.25, -0.2) is 0 Å². The first-order valence-electron chi connectivity index (χ1n) is 7.78. The second kappa shape index (κ2) is 6.52. The Kier molecular flexibility index (Phi) is 4.60. The smallest absolute Gasteiger partial charge is 0.394 e. The van der Waals surface area contributed by atoms with Crippen LogP contribution in [0.5, 0.6) is 0 Å². The third-order valence-corrected chi connectivity index (χ3v) is 4.39. The monoisotopic (exact) mass is 341 g/mol. The van der Waals surface area contributed by atoms with Gasteiger partial charge in [0.2, 0.25) is 11.7 Å². The number of hydrogen-bond donors (Lipinski definition) is 2. The van der Waals surface area contributed by atoms with Gasteiger partial charge in [-0.05, 0) is 25.0 Å². The van der Waals surface area contributed by atoms with E-state index >= 15 is 0 Å². The van der Waals surface area contributed by atoms with Gasteiger partial charge in [-0.2, -0.15) is 18.2 Å². The molecule has 2 aromatic rings. The summed E-state index contributed by atoms with van der Waals surface area (Å²) in [6, 6.07) is 4.81. The minimum absolute atomic E-state index is 0.0294. The second-order valence-electron chi connectivity index (χ2n) is 6.09. The van der Waals surface area contributed by atoms with Crippen LogP contribution in [0.2, 0.25) is 0 Å². The molecular weight excluding hydrogens is 323 g/mol. The van der Waals surface area contributed by atoms with E-state index in [1.54, 1.807) is 0 Å². The van der Waals surface area contributed by atoms with Crippen molar-refractivity contribution in [3.8, 4) is 11.4 Å². The molecule has 0 saturated heterocycles. The van der Waals surface area contributed by atoms with Crippen molar-refractivity contribution in [3.05, 3.63) is 35.7 Å². The standard InChI is InChI=1S/C16H18F3N3O2/c17-16(18,19)12-5-3-4-11(8-12)14-21-13(24-22-14)9-20-15(10-23)6-1-2-7-15/h3-5,8,20,23H,1-2,6-7,9-10H2. The number of aromatic nitrogens is 2. The minimum atomic E-state index is -4.42. The van der Waals surface area contributed by atoms with Crippen LogP contribution < -0.4 is 5.32 Å². The SMILES string of the molecule is OCC1(NCc2nc(-c3cccc(C(F)(F)F)c3)no2)CCCC1. The summed E-state index contributed by atoms with van der Waals surface area (Å²) in [6.45, 7) is 0.300. The van der Waals surface area contributed by atoms with Gasteiger partial charge in [-0.3, -0.25) is 0 Å². The lowest BCUT2D eigenvalue weighted by molar-refractivity contribution is -0.137. The zero-order valence-corrected chi connectivity index (χ0v) is 12.9. The van der Waals surface area contributed by atoms with Crippen molar-refractivity contribution >= 4 is 0 Å². The number of aliphatic hydroxyl groups excluding tert-OH is 1. The highest BCUT2D eigenvalue weighted by atomic mass is 19.4. The van der Waals surface area contributed by atoms with Crippen molar-refractivity contribution in [2.45, 2.75) is 43.9 Å². The fourth-order valence-corrected chi connectivity index (χ4v) is 2.98. The van der Waals surface area contributed by atoms with Gasteiger partial charge in [-0.15, -0.1) is 0 Å². The number of alkyl halides is 3. The molecule has 0 spiro atoms. The molecule has 0 unspecified atom stereocenters. The van der Waals surface area contributed by atoms with Crippen LogP contribution in [0.25, 0.3) is 11.4 Å². The summed E-state index contributed by atoms with van der Waals surface area (Å²) >= 11 is 0. The lowest BCUT2D eigenvalue weighted by Gasteiger charge is -2.27. The Labute approximate surface area is 136 Å². The Bertz CT molecular complexity index is 694. The molecule has 24 heavy (non-hydrogen) atoms. The number of hydrogen-bond acceptors (Lipinski definition) is 5. The molecule has 2 N–H and O–H groups in total.